The summed E-state index contributed by atoms with van der Waals surface area (Å²) in [6, 6.07) is 15.6. The second kappa shape index (κ2) is 6.68. The molecule has 1 saturated heterocycles. The van der Waals surface area contributed by atoms with Crippen molar-refractivity contribution < 1.29 is 14.3 Å². The van der Waals surface area contributed by atoms with Gasteiger partial charge in [0.15, 0.2) is 0 Å². The second-order valence-corrected chi connectivity index (χ2v) is 7.38. The van der Waals surface area contributed by atoms with Gasteiger partial charge in [-0.1, -0.05) is 23.5 Å². The van der Waals surface area contributed by atoms with Crippen LogP contribution in [0.1, 0.15) is 10.5 Å². The van der Waals surface area contributed by atoms with E-state index < -0.39 is 0 Å². The first-order valence-electron chi connectivity index (χ1n) is 8.79. The standard InChI is InChI=1S/C20H17N3O3S/c24-19(23-7-9-25-10-8-23)17-11-13-5-6-14(12-16(13)21-17)26-20-22-15-3-1-2-4-18(15)27-20/h1-6,11-12,21H,7-10H2. The van der Waals surface area contributed by atoms with Crippen LogP contribution in [0, 0.1) is 0 Å². The maximum absolute atomic E-state index is 12.6. The van der Waals surface area contributed by atoms with Gasteiger partial charge in [0, 0.05) is 30.1 Å². The van der Waals surface area contributed by atoms with Crippen LogP contribution in [0.3, 0.4) is 0 Å². The third-order valence-electron chi connectivity index (χ3n) is 4.60. The molecule has 0 saturated carbocycles. The first kappa shape index (κ1) is 16.3. The lowest BCUT2D eigenvalue weighted by Crippen LogP contribution is -2.40. The third-order valence-corrected chi connectivity index (χ3v) is 5.52. The maximum Gasteiger partial charge on any atom is 0.279 e. The van der Waals surface area contributed by atoms with Gasteiger partial charge < -0.3 is 19.4 Å². The molecule has 0 spiro atoms. The van der Waals surface area contributed by atoms with E-state index in [0.717, 1.165) is 21.1 Å². The predicted molar refractivity (Wildman–Crippen MR) is 105 cm³/mol. The lowest BCUT2D eigenvalue weighted by molar-refractivity contribution is 0.0299. The largest absolute Gasteiger partial charge is 0.431 e. The number of fused-ring (bicyclic) bond motifs is 2. The fourth-order valence-electron chi connectivity index (χ4n) is 3.22. The Bertz CT molecular complexity index is 1090. The number of carbonyl (C=O) groups excluding carboxylic acids is 1. The van der Waals surface area contributed by atoms with Crippen molar-refractivity contribution in [1.82, 2.24) is 14.9 Å². The van der Waals surface area contributed by atoms with Crippen LogP contribution < -0.4 is 4.74 Å². The Morgan fingerprint density at radius 1 is 1.15 bits per heavy atom. The van der Waals surface area contributed by atoms with Gasteiger partial charge in [0.25, 0.3) is 11.1 Å². The molecule has 2 aromatic heterocycles. The van der Waals surface area contributed by atoms with E-state index in [4.69, 9.17) is 9.47 Å². The average Bonchev–Trinajstić information content (AvgIpc) is 3.31. The normalized spacial score (nSPS) is 14.7. The lowest BCUT2D eigenvalue weighted by Gasteiger charge is -2.26. The van der Waals surface area contributed by atoms with E-state index in [2.05, 4.69) is 9.97 Å². The first-order valence-corrected chi connectivity index (χ1v) is 9.61. The van der Waals surface area contributed by atoms with Gasteiger partial charge in [0.1, 0.15) is 11.4 Å². The molecule has 0 bridgehead atoms. The van der Waals surface area contributed by atoms with E-state index in [9.17, 15) is 4.79 Å². The summed E-state index contributed by atoms with van der Waals surface area (Å²) in [5.41, 5.74) is 2.38. The number of hydrogen-bond donors (Lipinski definition) is 1. The molecule has 5 rings (SSSR count). The number of nitrogens with one attached hydrogen (secondary N) is 1. The molecule has 1 N–H and O–H groups in total. The monoisotopic (exact) mass is 379 g/mol. The predicted octanol–water partition coefficient (Wildman–Crippen LogP) is 4.04. The second-order valence-electron chi connectivity index (χ2n) is 6.39. The Kier molecular flexibility index (Phi) is 4.03. The molecule has 1 fully saturated rings. The van der Waals surface area contributed by atoms with Crippen LogP contribution in [0.5, 0.6) is 10.9 Å². The number of morpholine rings is 1. The smallest absolute Gasteiger partial charge is 0.279 e. The van der Waals surface area contributed by atoms with Crippen LogP contribution in [0.4, 0.5) is 0 Å². The van der Waals surface area contributed by atoms with Gasteiger partial charge in [-0.15, -0.1) is 0 Å². The van der Waals surface area contributed by atoms with Gasteiger partial charge in [-0.05, 0) is 30.3 Å². The van der Waals surface area contributed by atoms with Crippen LogP contribution in [0.2, 0.25) is 0 Å². The molecule has 3 heterocycles. The zero-order valence-corrected chi connectivity index (χ0v) is 15.3. The quantitative estimate of drug-likeness (QED) is 0.583. The van der Waals surface area contributed by atoms with Crippen LogP contribution in [0.25, 0.3) is 21.1 Å². The Hall–Kier alpha value is -2.90. The summed E-state index contributed by atoms with van der Waals surface area (Å²) in [5, 5.41) is 1.58. The number of thiazole rings is 1. The summed E-state index contributed by atoms with van der Waals surface area (Å²) in [6.45, 7) is 2.43. The minimum atomic E-state index is 0.00291. The molecule has 1 aliphatic rings. The number of carbonyl (C=O) groups is 1. The number of aromatic nitrogens is 2. The highest BCUT2D eigenvalue weighted by Crippen LogP contribution is 2.32. The summed E-state index contributed by atoms with van der Waals surface area (Å²) in [7, 11) is 0. The third kappa shape index (κ3) is 3.15. The van der Waals surface area contributed by atoms with Gasteiger partial charge in [0.05, 0.1) is 23.4 Å². The highest BCUT2D eigenvalue weighted by atomic mass is 32.1. The molecule has 0 atom stereocenters. The number of H-pyrrole nitrogens is 1. The molecule has 1 amide bonds. The van der Waals surface area contributed by atoms with Gasteiger partial charge in [-0.25, -0.2) is 4.98 Å². The van der Waals surface area contributed by atoms with Crippen LogP contribution in [0.15, 0.2) is 48.5 Å². The van der Waals surface area contributed by atoms with Crippen molar-refractivity contribution >= 4 is 38.4 Å². The Balaban J connectivity index is 1.40. The van der Waals surface area contributed by atoms with E-state index >= 15 is 0 Å². The number of benzene rings is 2. The molecule has 2 aromatic carbocycles. The highest BCUT2D eigenvalue weighted by Gasteiger charge is 2.20. The SMILES string of the molecule is O=C(c1cc2ccc(Oc3nc4ccccc4s3)cc2[nH]1)N1CCOCC1. The molecule has 6 nitrogen and oxygen atoms in total. The number of hydrogen-bond acceptors (Lipinski definition) is 5. The van der Waals surface area contributed by atoms with E-state index in [1.54, 1.807) is 0 Å². The molecule has 1 aliphatic heterocycles. The number of para-hydroxylation sites is 1. The summed E-state index contributed by atoms with van der Waals surface area (Å²) in [6.07, 6.45) is 0. The van der Waals surface area contributed by atoms with Crippen molar-refractivity contribution in [2.45, 2.75) is 0 Å². The van der Waals surface area contributed by atoms with Crippen molar-refractivity contribution in [2.75, 3.05) is 26.3 Å². The Morgan fingerprint density at radius 3 is 2.85 bits per heavy atom. The minimum Gasteiger partial charge on any atom is -0.431 e. The molecular formula is C20H17N3O3S. The molecule has 0 aliphatic carbocycles. The van der Waals surface area contributed by atoms with Crippen molar-refractivity contribution in [2.24, 2.45) is 0 Å². The number of rotatable bonds is 3. The maximum atomic E-state index is 12.6. The molecule has 7 heteroatoms. The summed E-state index contributed by atoms with van der Waals surface area (Å²) < 4.78 is 12.3. The topological polar surface area (TPSA) is 67.5 Å². The number of amides is 1. The fraction of sp³-hybridized carbons (Fsp3) is 0.200. The van der Waals surface area contributed by atoms with Gasteiger partial charge in [-0.2, -0.15) is 0 Å². The number of nitrogens with zero attached hydrogens (tertiary/aromatic N) is 2. The Labute approximate surface area is 159 Å². The zero-order valence-electron chi connectivity index (χ0n) is 14.5. The molecular weight excluding hydrogens is 362 g/mol. The molecule has 0 unspecified atom stereocenters. The summed E-state index contributed by atoms with van der Waals surface area (Å²) in [5.74, 6) is 0.692. The van der Waals surface area contributed by atoms with Crippen LogP contribution in [-0.4, -0.2) is 47.1 Å². The summed E-state index contributed by atoms with van der Waals surface area (Å²) in [4.78, 5) is 22.2. The van der Waals surface area contributed by atoms with E-state index in [0.29, 0.717) is 42.9 Å². The fourth-order valence-corrected chi connectivity index (χ4v) is 4.05. The zero-order chi connectivity index (χ0) is 18.2. The minimum absolute atomic E-state index is 0.00291. The Morgan fingerprint density at radius 2 is 2.00 bits per heavy atom. The van der Waals surface area contributed by atoms with Crippen molar-refractivity contribution in [3.05, 3.63) is 54.2 Å². The molecule has 0 radical (unpaired) electrons. The van der Waals surface area contributed by atoms with Crippen molar-refractivity contribution in [1.29, 1.82) is 0 Å². The van der Waals surface area contributed by atoms with E-state index in [1.807, 2.05) is 53.4 Å². The lowest BCUT2D eigenvalue weighted by atomic mass is 10.2. The van der Waals surface area contributed by atoms with E-state index in [-0.39, 0.29) is 5.91 Å². The number of aromatic amines is 1. The average molecular weight is 379 g/mol. The number of ether oxygens (including phenoxy) is 2. The van der Waals surface area contributed by atoms with Gasteiger partial charge >= 0.3 is 0 Å². The van der Waals surface area contributed by atoms with Crippen molar-refractivity contribution in [3.63, 3.8) is 0 Å². The first-order chi connectivity index (χ1) is 13.3. The van der Waals surface area contributed by atoms with Crippen LogP contribution in [-0.2, 0) is 4.74 Å². The van der Waals surface area contributed by atoms with Crippen LogP contribution >= 0.6 is 11.3 Å². The molecule has 136 valence electrons. The van der Waals surface area contributed by atoms with Crippen molar-refractivity contribution in [3.8, 4) is 10.9 Å². The summed E-state index contributed by atoms with van der Waals surface area (Å²) >= 11 is 1.51. The van der Waals surface area contributed by atoms with Gasteiger partial charge in [-0.3, -0.25) is 4.79 Å². The van der Waals surface area contributed by atoms with Gasteiger partial charge in [0.2, 0.25) is 0 Å². The molecule has 27 heavy (non-hydrogen) atoms. The van der Waals surface area contributed by atoms with E-state index in [1.165, 1.54) is 11.3 Å². The highest BCUT2D eigenvalue weighted by molar-refractivity contribution is 7.20. The molecule has 4 aromatic rings.